The number of likely N-dealkylation sites (tertiary alicyclic amines) is 1. The minimum atomic E-state index is -0.313. The molecule has 0 spiro atoms. The number of carbonyl (C=O) groups is 2. The summed E-state index contributed by atoms with van der Waals surface area (Å²) < 4.78 is 5.66. The first-order valence-electron chi connectivity index (χ1n) is 13.1. The molecule has 2 aromatic rings. The Morgan fingerprint density at radius 2 is 1.78 bits per heavy atom. The monoisotopic (exact) mass is 511 g/mol. The number of hydrogen-bond acceptors (Lipinski definition) is 4. The molecule has 0 radical (unpaired) electrons. The zero-order valence-electron chi connectivity index (χ0n) is 21.4. The van der Waals surface area contributed by atoms with Gasteiger partial charge in [0.1, 0.15) is 5.75 Å². The van der Waals surface area contributed by atoms with Gasteiger partial charge in [0.25, 0.3) is 5.91 Å². The van der Waals surface area contributed by atoms with Gasteiger partial charge in [0, 0.05) is 44.7 Å². The molecule has 2 aromatic carbocycles. The fourth-order valence-electron chi connectivity index (χ4n) is 6.18. The second-order valence-corrected chi connectivity index (χ2v) is 10.4. The van der Waals surface area contributed by atoms with Crippen LogP contribution in [0.5, 0.6) is 5.75 Å². The molecule has 5 rings (SSSR count). The summed E-state index contributed by atoms with van der Waals surface area (Å²) in [6.07, 6.45) is 7.64. The van der Waals surface area contributed by atoms with E-state index < -0.39 is 0 Å². The Hall–Kier alpha value is -2.57. The molecule has 1 saturated heterocycles. The topological polar surface area (TPSA) is 53.1 Å². The molecule has 1 aliphatic carbocycles. The highest BCUT2D eigenvalue weighted by Gasteiger charge is 2.39. The van der Waals surface area contributed by atoms with Crippen molar-refractivity contribution in [1.82, 2.24) is 14.7 Å². The molecular formula is C29H38ClN3O3. The van der Waals surface area contributed by atoms with E-state index in [1.807, 2.05) is 35.2 Å². The van der Waals surface area contributed by atoms with E-state index in [0.717, 1.165) is 62.3 Å². The molecule has 6 nitrogen and oxygen atoms in total. The first-order chi connectivity index (χ1) is 17.0. The quantitative estimate of drug-likeness (QED) is 0.440. The Morgan fingerprint density at radius 3 is 2.56 bits per heavy atom. The molecule has 2 unspecified atom stereocenters. The number of amides is 2. The van der Waals surface area contributed by atoms with Crippen LogP contribution in [0.3, 0.4) is 0 Å². The van der Waals surface area contributed by atoms with Crippen molar-refractivity contribution < 1.29 is 14.3 Å². The van der Waals surface area contributed by atoms with Crippen LogP contribution in [0.2, 0.25) is 0 Å². The minimum Gasteiger partial charge on any atom is -0.410 e. The van der Waals surface area contributed by atoms with Crippen LogP contribution in [0.25, 0.3) is 0 Å². The lowest BCUT2D eigenvalue weighted by Crippen LogP contribution is -2.36. The van der Waals surface area contributed by atoms with E-state index >= 15 is 0 Å². The summed E-state index contributed by atoms with van der Waals surface area (Å²) in [5, 5.41) is 0. The van der Waals surface area contributed by atoms with Gasteiger partial charge in [-0.3, -0.25) is 9.69 Å². The number of ether oxygens (including phenoxy) is 1. The summed E-state index contributed by atoms with van der Waals surface area (Å²) in [4.78, 5) is 30.8. The summed E-state index contributed by atoms with van der Waals surface area (Å²) in [6.45, 7) is 3.93. The third kappa shape index (κ3) is 5.40. The average Bonchev–Trinajstić information content (AvgIpc) is 3.42. The zero-order valence-corrected chi connectivity index (χ0v) is 22.3. The number of rotatable bonds is 8. The minimum absolute atomic E-state index is 0. The van der Waals surface area contributed by atoms with Crippen molar-refractivity contribution in [3.63, 3.8) is 0 Å². The van der Waals surface area contributed by atoms with Crippen molar-refractivity contribution in [2.24, 2.45) is 0 Å². The van der Waals surface area contributed by atoms with Gasteiger partial charge in [-0.1, -0.05) is 43.2 Å². The van der Waals surface area contributed by atoms with E-state index in [4.69, 9.17) is 4.74 Å². The van der Waals surface area contributed by atoms with E-state index in [1.165, 1.54) is 41.7 Å². The molecule has 3 aliphatic rings. The maximum atomic E-state index is 12.5. The molecule has 0 saturated carbocycles. The molecule has 36 heavy (non-hydrogen) atoms. The summed E-state index contributed by atoms with van der Waals surface area (Å²) in [5.74, 6) is 1.47. The summed E-state index contributed by atoms with van der Waals surface area (Å²) in [5.41, 5.74) is 4.65. The maximum Gasteiger partial charge on any atom is 0.414 e. The van der Waals surface area contributed by atoms with Crippen LogP contribution in [0.1, 0.15) is 71.5 Å². The smallest absolute Gasteiger partial charge is 0.410 e. The van der Waals surface area contributed by atoms with E-state index in [2.05, 4.69) is 17.0 Å². The van der Waals surface area contributed by atoms with Crippen molar-refractivity contribution >= 4 is 24.4 Å². The first-order valence-corrected chi connectivity index (χ1v) is 13.1. The van der Waals surface area contributed by atoms with Crippen LogP contribution < -0.4 is 4.74 Å². The number of halogens is 1. The van der Waals surface area contributed by atoms with Crippen molar-refractivity contribution in [3.05, 3.63) is 64.7 Å². The van der Waals surface area contributed by atoms with Crippen molar-refractivity contribution in [2.45, 2.75) is 63.5 Å². The van der Waals surface area contributed by atoms with Crippen LogP contribution in [-0.2, 0) is 13.0 Å². The zero-order chi connectivity index (χ0) is 24.4. The normalized spacial score (nSPS) is 20.4. The molecule has 7 heteroatoms. The molecule has 2 aliphatic heterocycles. The molecular weight excluding hydrogens is 474 g/mol. The number of hydrogen-bond donors (Lipinski definition) is 0. The van der Waals surface area contributed by atoms with Crippen LogP contribution in [-0.4, -0.2) is 66.5 Å². The summed E-state index contributed by atoms with van der Waals surface area (Å²) >= 11 is 0. The summed E-state index contributed by atoms with van der Waals surface area (Å²) in [7, 11) is 3.43. The SMILES string of the molecule is CN(C)C(=O)Oc1cccc2c1CCC1C2CCN1CCCCCCN1Cc2ccccc2C1=O.Cl. The van der Waals surface area contributed by atoms with Crippen LogP contribution in [0.15, 0.2) is 42.5 Å². The van der Waals surface area contributed by atoms with Gasteiger partial charge in [-0.2, -0.15) is 0 Å². The van der Waals surface area contributed by atoms with E-state index in [9.17, 15) is 9.59 Å². The van der Waals surface area contributed by atoms with E-state index in [1.54, 1.807) is 14.1 Å². The number of nitrogens with zero attached hydrogens (tertiary/aromatic N) is 3. The van der Waals surface area contributed by atoms with Gasteiger partial charge in [-0.05, 0) is 74.0 Å². The molecule has 194 valence electrons. The van der Waals surface area contributed by atoms with Crippen molar-refractivity contribution in [3.8, 4) is 5.75 Å². The highest BCUT2D eigenvalue weighted by atomic mass is 35.5. The number of unbranched alkanes of at least 4 members (excludes halogenated alkanes) is 3. The van der Waals surface area contributed by atoms with Gasteiger partial charge in [0.15, 0.2) is 0 Å². The van der Waals surface area contributed by atoms with E-state index in [0.29, 0.717) is 12.0 Å². The molecule has 2 heterocycles. The second-order valence-electron chi connectivity index (χ2n) is 10.4. The highest BCUT2D eigenvalue weighted by molar-refractivity contribution is 5.98. The van der Waals surface area contributed by atoms with Gasteiger partial charge in [0.2, 0.25) is 0 Å². The second kappa shape index (κ2) is 11.7. The van der Waals surface area contributed by atoms with Crippen LogP contribution in [0.4, 0.5) is 4.79 Å². The number of benzene rings is 2. The predicted molar refractivity (Wildman–Crippen MR) is 144 cm³/mol. The van der Waals surface area contributed by atoms with Crippen LogP contribution in [0, 0.1) is 0 Å². The molecule has 0 N–H and O–H groups in total. The molecule has 2 atom stereocenters. The Labute approximate surface area is 221 Å². The Balaban J connectivity index is 0.00000304. The fraction of sp³-hybridized carbons (Fsp3) is 0.517. The van der Waals surface area contributed by atoms with Crippen LogP contribution >= 0.6 is 12.4 Å². The van der Waals surface area contributed by atoms with Gasteiger partial charge in [0.05, 0.1) is 0 Å². The Morgan fingerprint density at radius 1 is 1.00 bits per heavy atom. The summed E-state index contributed by atoms with van der Waals surface area (Å²) in [6, 6.07) is 14.8. The number of fused-ring (bicyclic) bond motifs is 4. The maximum absolute atomic E-state index is 12.5. The molecule has 2 amide bonds. The van der Waals surface area contributed by atoms with Crippen molar-refractivity contribution in [1.29, 1.82) is 0 Å². The van der Waals surface area contributed by atoms with Gasteiger partial charge < -0.3 is 14.5 Å². The highest BCUT2D eigenvalue weighted by Crippen LogP contribution is 2.44. The molecule has 1 fully saturated rings. The molecule has 0 bridgehead atoms. The lowest BCUT2D eigenvalue weighted by Gasteiger charge is -2.34. The Kier molecular flexibility index (Phi) is 8.58. The third-order valence-electron chi connectivity index (χ3n) is 8.00. The Bertz CT molecular complexity index is 1090. The average molecular weight is 512 g/mol. The largest absolute Gasteiger partial charge is 0.414 e. The third-order valence-corrected chi connectivity index (χ3v) is 8.00. The molecule has 0 aromatic heterocycles. The first kappa shape index (κ1) is 26.5. The van der Waals surface area contributed by atoms with Crippen molar-refractivity contribution in [2.75, 3.05) is 33.7 Å². The van der Waals surface area contributed by atoms with E-state index in [-0.39, 0.29) is 24.4 Å². The van der Waals surface area contributed by atoms with Gasteiger partial charge >= 0.3 is 6.09 Å². The standard InChI is InChI=1S/C29H37N3O3.ClH/c1-30(2)29(34)35-27-13-9-12-23-24-16-19-31(26(24)15-14-25(23)27)17-7-3-4-8-18-32-20-21-10-5-6-11-22(21)28(32)33;/h5-6,9-13,24,26H,3-4,7-8,14-20H2,1-2H3;1H. The predicted octanol–water partition coefficient (Wildman–Crippen LogP) is 5.49. The fourth-order valence-corrected chi connectivity index (χ4v) is 6.18. The lowest BCUT2D eigenvalue weighted by molar-refractivity contribution is 0.0775. The van der Waals surface area contributed by atoms with Gasteiger partial charge in [-0.25, -0.2) is 4.79 Å². The van der Waals surface area contributed by atoms with Gasteiger partial charge in [-0.15, -0.1) is 12.4 Å². The number of carbonyl (C=O) groups excluding carboxylic acids is 2. The lowest BCUT2D eigenvalue weighted by atomic mass is 9.79.